The lowest BCUT2D eigenvalue weighted by Crippen LogP contribution is -2.07. The lowest BCUT2D eigenvalue weighted by Gasteiger charge is -2.05. The van der Waals surface area contributed by atoms with Gasteiger partial charge in [0.2, 0.25) is 0 Å². The van der Waals surface area contributed by atoms with Gasteiger partial charge in [0.05, 0.1) is 6.54 Å². The molecule has 2 nitrogen and oxygen atoms in total. The molecule has 0 saturated heterocycles. The highest BCUT2D eigenvalue weighted by Crippen LogP contribution is 2.12. The Morgan fingerprint density at radius 3 is 2.22 bits per heavy atom. The molecule has 0 radical (unpaired) electrons. The van der Waals surface area contributed by atoms with Crippen molar-refractivity contribution in [2.45, 2.75) is 97.0 Å². The summed E-state index contributed by atoms with van der Waals surface area (Å²) in [4.78, 5) is 4.40. The van der Waals surface area contributed by atoms with Gasteiger partial charge in [0, 0.05) is 6.42 Å². The Morgan fingerprint density at radius 2 is 1.57 bits per heavy atom. The molecule has 0 amide bonds. The molecule has 0 aromatic carbocycles. The van der Waals surface area contributed by atoms with Gasteiger partial charge < -0.3 is 4.74 Å². The van der Waals surface area contributed by atoms with Crippen LogP contribution in [0.2, 0.25) is 0 Å². The van der Waals surface area contributed by atoms with Gasteiger partial charge in [-0.2, -0.15) is 0 Å². The molecule has 0 aromatic rings. The summed E-state index contributed by atoms with van der Waals surface area (Å²) in [7, 11) is 0. The zero-order valence-corrected chi connectivity index (χ0v) is 15.4. The first kappa shape index (κ1) is 20.0. The topological polar surface area (TPSA) is 21.6 Å². The van der Waals surface area contributed by atoms with E-state index in [0.717, 1.165) is 25.3 Å². The summed E-state index contributed by atoms with van der Waals surface area (Å²) < 4.78 is 5.62. The van der Waals surface area contributed by atoms with E-state index in [-0.39, 0.29) is 0 Å². The minimum atomic E-state index is 0.308. The molecule has 1 aliphatic rings. The standard InChI is InChI=1S/C21H37NO/c1-3-4-5-6-7-8-9-10-11-12-13-14-15-16-17-18-21-22-19-20(2)23-21/h7-8,10-11,20H,3-6,9,12-19H2,1-2H3/b8-7+,11-10+. The lowest BCUT2D eigenvalue weighted by atomic mass is 10.1. The molecule has 132 valence electrons. The van der Waals surface area contributed by atoms with Gasteiger partial charge >= 0.3 is 0 Å². The van der Waals surface area contributed by atoms with Crippen LogP contribution in [0, 0.1) is 0 Å². The number of unbranched alkanes of at least 4 members (excludes halogenated alkanes) is 8. The van der Waals surface area contributed by atoms with E-state index in [1.807, 2.05) is 0 Å². The summed E-state index contributed by atoms with van der Waals surface area (Å²) in [6.45, 7) is 5.20. The molecule has 1 rings (SSSR count). The van der Waals surface area contributed by atoms with Gasteiger partial charge in [0.1, 0.15) is 6.10 Å². The fourth-order valence-corrected chi connectivity index (χ4v) is 2.76. The van der Waals surface area contributed by atoms with Crippen LogP contribution in [0.25, 0.3) is 0 Å². The molecular formula is C21H37NO. The molecule has 0 spiro atoms. The number of nitrogens with zero attached hydrogens (tertiary/aromatic N) is 1. The largest absolute Gasteiger partial charge is 0.476 e. The fourth-order valence-electron chi connectivity index (χ4n) is 2.76. The lowest BCUT2D eigenvalue weighted by molar-refractivity contribution is 0.238. The Hall–Kier alpha value is -1.05. The first-order chi connectivity index (χ1) is 11.3. The second-order valence-corrected chi connectivity index (χ2v) is 6.64. The Kier molecular flexibility index (Phi) is 12.6. The van der Waals surface area contributed by atoms with Crippen LogP contribution in [0.4, 0.5) is 0 Å². The SMILES string of the molecule is CCCCC/C=C/C/C=C/CCCCCCCC1=NCC(C)O1. The number of hydrogen-bond acceptors (Lipinski definition) is 2. The predicted molar refractivity (Wildman–Crippen MR) is 102 cm³/mol. The number of ether oxygens (including phenoxy) is 1. The summed E-state index contributed by atoms with van der Waals surface area (Å²) in [6, 6.07) is 0. The van der Waals surface area contributed by atoms with Crippen molar-refractivity contribution in [2.75, 3.05) is 6.54 Å². The van der Waals surface area contributed by atoms with Gasteiger partial charge in [0.15, 0.2) is 5.90 Å². The van der Waals surface area contributed by atoms with Crippen LogP contribution in [-0.2, 0) is 4.74 Å². The zero-order valence-electron chi connectivity index (χ0n) is 15.4. The molecular weight excluding hydrogens is 282 g/mol. The highest BCUT2D eigenvalue weighted by molar-refractivity contribution is 5.77. The Bertz CT molecular complexity index is 357. The summed E-state index contributed by atoms with van der Waals surface area (Å²) in [6.07, 6.45) is 24.8. The Morgan fingerprint density at radius 1 is 0.913 bits per heavy atom. The maximum absolute atomic E-state index is 5.62. The number of hydrogen-bond donors (Lipinski definition) is 0. The third kappa shape index (κ3) is 12.1. The minimum Gasteiger partial charge on any atom is -0.476 e. The van der Waals surface area contributed by atoms with Crippen molar-refractivity contribution in [3.8, 4) is 0 Å². The van der Waals surface area contributed by atoms with Crippen molar-refractivity contribution in [1.82, 2.24) is 0 Å². The molecule has 1 aliphatic heterocycles. The normalized spacial score (nSPS) is 18.0. The zero-order chi connectivity index (χ0) is 16.6. The maximum Gasteiger partial charge on any atom is 0.183 e. The average Bonchev–Trinajstić information content (AvgIpc) is 2.96. The number of rotatable bonds is 14. The van der Waals surface area contributed by atoms with E-state index >= 15 is 0 Å². The molecule has 0 bridgehead atoms. The molecule has 23 heavy (non-hydrogen) atoms. The van der Waals surface area contributed by atoms with E-state index in [9.17, 15) is 0 Å². The summed E-state index contributed by atoms with van der Waals surface area (Å²) in [5, 5.41) is 0. The van der Waals surface area contributed by atoms with Gasteiger partial charge in [0.25, 0.3) is 0 Å². The van der Waals surface area contributed by atoms with Crippen molar-refractivity contribution in [3.63, 3.8) is 0 Å². The third-order valence-corrected chi connectivity index (χ3v) is 4.20. The highest BCUT2D eigenvalue weighted by Gasteiger charge is 2.13. The molecule has 1 atom stereocenters. The first-order valence-electron chi connectivity index (χ1n) is 9.83. The van der Waals surface area contributed by atoms with E-state index in [1.54, 1.807) is 0 Å². The van der Waals surface area contributed by atoms with E-state index in [0.29, 0.717) is 6.10 Å². The molecule has 0 aromatic heterocycles. The average molecular weight is 320 g/mol. The summed E-state index contributed by atoms with van der Waals surface area (Å²) >= 11 is 0. The quantitative estimate of drug-likeness (QED) is 0.260. The van der Waals surface area contributed by atoms with Crippen LogP contribution in [0.3, 0.4) is 0 Å². The molecule has 0 fully saturated rings. The van der Waals surface area contributed by atoms with Crippen molar-refractivity contribution in [1.29, 1.82) is 0 Å². The van der Waals surface area contributed by atoms with E-state index in [4.69, 9.17) is 4.74 Å². The van der Waals surface area contributed by atoms with Crippen LogP contribution >= 0.6 is 0 Å². The van der Waals surface area contributed by atoms with Crippen molar-refractivity contribution >= 4 is 5.90 Å². The van der Waals surface area contributed by atoms with Crippen molar-refractivity contribution < 1.29 is 4.74 Å². The van der Waals surface area contributed by atoms with Crippen LogP contribution in [0.1, 0.15) is 90.9 Å². The highest BCUT2D eigenvalue weighted by atomic mass is 16.5. The molecule has 0 aliphatic carbocycles. The number of aliphatic imine (C=N–C) groups is 1. The second-order valence-electron chi connectivity index (χ2n) is 6.64. The Balaban J connectivity index is 1.79. The summed E-state index contributed by atoms with van der Waals surface area (Å²) in [5.74, 6) is 0.989. The van der Waals surface area contributed by atoms with Crippen LogP contribution in [0.5, 0.6) is 0 Å². The number of allylic oxidation sites excluding steroid dienone is 4. The van der Waals surface area contributed by atoms with Crippen LogP contribution in [0.15, 0.2) is 29.3 Å². The molecule has 0 saturated carbocycles. The van der Waals surface area contributed by atoms with Gasteiger partial charge in [-0.05, 0) is 45.4 Å². The second kappa shape index (κ2) is 14.5. The van der Waals surface area contributed by atoms with Crippen molar-refractivity contribution in [3.05, 3.63) is 24.3 Å². The predicted octanol–water partition coefficient (Wildman–Crippen LogP) is 6.62. The smallest absolute Gasteiger partial charge is 0.183 e. The molecule has 2 heteroatoms. The van der Waals surface area contributed by atoms with Gasteiger partial charge in [-0.1, -0.05) is 63.3 Å². The molecule has 0 N–H and O–H groups in total. The fraction of sp³-hybridized carbons (Fsp3) is 0.762. The van der Waals surface area contributed by atoms with Gasteiger partial charge in [-0.15, -0.1) is 0 Å². The molecule has 1 unspecified atom stereocenters. The maximum atomic E-state index is 5.62. The minimum absolute atomic E-state index is 0.308. The van der Waals surface area contributed by atoms with Crippen molar-refractivity contribution in [2.24, 2.45) is 4.99 Å². The van der Waals surface area contributed by atoms with E-state index < -0.39 is 0 Å². The summed E-state index contributed by atoms with van der Waals surface area (Å²) in [5.41, 5.74) is 0. The van der Waals surface area contributed by atoms with E-state index in [1.165, 1.54) is 64.2 Å². The Labute approximate surface area is 144 Å². The van der Waals surface area contributed by atoms with E-state index in [2.05, 4.69) is 43.1 Å². The third-order valence-electron chi connectivity index (χ3n) is 4.20. The van der Waals surface area contributed by atoms with Gasteiger partial charge in [-0.3, -0.25) is 4.99 Å². The van der Waals surface area contributed by atoms with Crippen LogP contribution in [-0.4, -0.2) is 18.5 Å². The van der Waals surface area contributed by atoms with Crippen LogP contribution < -0.4 is 0 Å². The first-order valence-corrected chi connectivity index (χ1v) is 9.83. The van der Waals surface area contributed by atoms with Gasteiger partial charge in [-0.25, -0.2) is 0 Å². The molecule has 1 heterocycles. The monoisotopic (exact) mass is 319 g/mol.